The van der Waals surface area contributed by atoms with Crippen molar-refractivity contribution in [2.75, 3.05) is 18.6 Å². The number of nitrogens with two attached hydrogens (primary N) is 1. The van der Waals surface area contributed by atoms with Crippen molar-refractivity contribution >= 4 is 23.4 Å². The Hall–Kier alpha value is -1.36. The molecule has 1 amide bonds. The summed E-state index contributed by atoms with van der Waals surface area (Å²) in [5.41, 5.74) is 7.49. The van der Waals surface area contributed by atoms with Crippen LogP contribution in [0, 0.1) is 0 Å². The fraction of sp³-hybridized carbons (Fsp3) is 0.462. The summed E-state index contributed by atoms with van der Waals surface area (Å²) in [6.07, 6.45) is 2.25. The van der Waals surface area contributed by atoms with Gasteiger partial charge >= 0.3 is 0 Å². The Morgan fingerprint density at radius 1 is 1.56 bits per heavy atom. The highest BCUT2D eigenvalue weighted by Gasteiger charge is 2.22. The molecule has 0 aromatic heterocycles. The van der Waals surface area contributed by atoms with Gasteiger partial charge in [0.15, 0.2) is 0 Å². The molecule has 1 aliphatic carbocycles. The van der Waals surface area contributed by atoms with Gasteiger partial charge in [0.25, 0.3) is 0 Å². The molecule has 0 bridgehead atoms. The van der Waals surface area contributed by atoms with Crippen LogP contribution in [0.5, 0.6) is 5.75 Å². The normalized spacial score (nSPS) is 14.3. The highest BCUT2D eigenvalue weighted by molar-refractivity contribution is 7.99. The molecule has 5 heteroatoms. The molecule has 1 saturated carbocycles. The number of benzene rings is 1. The lowest BCUT2D eigenvalue weighted by atomic mass is 10.2. The molecule has 1 aliphatic rings. The van der Waals surface area contributed by atoms with Crippen molar-refractivity contribution in [1.82, 2.24) is 5.32 Å². The van der Waals surface area contributed by atoms with Crippen LogP contribution in [-0.2, 0) is 10.5 Å². The van der Waals surface area contributed by atoms with E-state index >= 15 is 0 Å². The number of nitrogen functional groups attached to an aromatic ring is 1. The van der Waals surface area contributed by atoms with Crippen LogP contribution in [0.2, 0.25) is 0 Å². The lowest BCUT2D eigenvalue weighted by molar-refractivity contribution is -0.118. The molecule has 3 N–H and O–H groups in total. The maximum atomic E-state index is 11.5. The lowest BCUT2D eigenvalue weighted by Crippen LogP contribution is -2.27. The van der Waals surface area contributed by atoms with Crippen molar-refractivity contribution in [1.29, 1.82) is 0 Å². The number of methoxy groups -OCH3 is 1. The van der Waals surface area contributed by atoms with Crippen molar-refractivity contribution in [2.45, 2.75) is 24.6 Å². The monoisotopic (exact) mass is 266 g/mol. The topological polar surface area (TPSA) is 64.3 Å². The molecule has 0 saturated heterocycles. The van der Waals surface area contributed by atoms with E-state index in [4.69, 9.17) is 10.5 Å². The van der Waals surface area contributed by atoms with E-state index in [-0.39, 0.29) is 5.91 Å². The number of carbonyl (C=O) groups is 1. The number of nitrogens with one attached hydrogen (secondary N) is 1. The highest BCUT2D eigenvalue weighted by Crippen LogP contribution is 2.25. The second-order valence-electron chi connectivity index (χ2n) is 4.41. The summed E-state index contributed by atoms with van der Waals surface area (Å²) in [7, 11) is 1.64. The minimum Gasteiger partial charge on any atom is -0.496 e. The predicted molar refractivity (Wildman–Crippen MR) is 74.7 cm³/mol. The molecule has 0 spiro atoms. The van der Waals surface area contributed by atoms with Crippen molar-refractivity contribution in [3.63, 3.8) is 0 Å². The number of thioether (sulfide) groups is 1. The molecule has 1 fully saturated rings. The van der Waals surface area contributed by atoms with Gasteiger partial charge in [0, 0.05) is 23.0 Å². The van der Waals surface area contributed by atoms with Gasteiger partial charge in [0.05, 0.1) is 12.9 Å². The van der Waals surface area contributed by atoms with E-state index < -0.39 is 0 Å². The van der Waals surface area contributed by atoms with Crippen LogP contribution in [0.1, 0.15) is 18.4 Å². The van der Waals surface area contributed by atoms with Gasteiger partial charge in [-0.25, -0.2) is 0 Å². The van der Waals surface area contributed by atoms with Crippen LogP contribution in [0.25, 0.3) is 0 Å². The third-order valence-electron chi connectivity index (χ3n) is 2.74. The summed E-state index contributed by atoms with van der Waals surface area (Å²) < 4.78 is 5.26. The number of amides is 1. The molecule has 2 rings (SSSR count). The Balaban J connectivity index is 1.81. The summed E-state index contributed by atoms with van der Waals surface area (Å²) in [4.78, 5) is 11.5. The number of ether oxygens (including phenoxy) is 1. The van der Waals surface area contributed by atoms with Gasteiger partial charge in [0.2, 0.25) is 5.91 Å². The molecule has 0 aliphatic heterocycles. The second-order valence-corrected chi connectivity index (χ2v) is 5.39. The first-order valence-corrected chi connectivity index (χ1v) is 7.14. The molecule has 0 unspecified atom stereocenters. The summed E-state index contributed by atoms with van der Waals surface area (Å²) >= 11 is 1.57. The van der Waals surface area contributed by atoms with Gasteiger partial charge in [-0.15, -0.1) is 11.8 Å². The lowest BCUT2D eigenvalue weighted by Gasteiger charge is -2.09. The molecule has 98 valence electrons. The number of hydrogen-bond acceptors (Lipinski definition) is 4. The third kappa shape index (κ3) is 3.84. The smallest absolute Gasteiger partial charge is 0.230 e. The van der Waals surface area contributed by atoms with E-state index in [1.54, 1.807) is 18.9 Å². The Labute approximate surface area is 111 Å². The standard InChI is InChI=1S/C13H18N2O2S/c1-17-12-5-2-10(14)6-9(12)7-18-8-13(16)15-11-3-4-11/h2,5-6,11H,3-4,7-8,14H2,1H3,(H,15,16). The fourth-order valence-electron chi connectivity index (χ4n) is 1.66. The first-order chi connectivity index (χ1) is 8.69. The third-order valence-corrected chi connectivity index (χ3v) is 3.72. The minimum atomic E-state index is 0.116. The first-order valence-electron chi connectivity index (χ1n) is 5.98. The zero-order chi connectivity index (χ0) is 13.0. The number of rotatable bonds is 6. The zero-order valence-electron chi connectivity index (χ0n) is 10.4. The van der Waals surface area contributed by atoms with Crippen LogP contribution >= 0.6 is 11.8 Å². The largest absolute Gasteiger partial charge is 0.496 e. The molecule has 4 nitrogen and oxygen atoms in total. The van der Waals surface area contributed by atoms with Crippen LogP contribution in [0.4, 0.5) is 5.69 Å². The molecular formula is C13H18N2O2S. The molecule has 18 heavy (non-hydrogen) atoms. The maximum absolute atomic E-state index is 11.5. The Morgan fingerprint density at radius 3 is 3.00 bits per heavy atom. The van der Waals surface area contributed by atoms with Crippen LogP contribution in [0.15, 0.2) is 18.2 Å². The van der Waals surface area contributed by atoms with E-state index in [0.717, 1.165) is 29.9 Å². The quantitative estimate of drug-likeness (QED) is 0.771. The molecule has 0 atom stereocenters. The van der Waals surface area contributed by atoms with Crippen molar-refractivity contribution in [3.8, 4) is 5.75 Å². The van der Waals surface area contributed by atoms with Gasteiger partial charge in [-0.05, 0) is 31.0 Å². The number of anilines is 1. The summed E-state index contributed by atoms with van der Waals surface area (Å²) in [5.74, 6) is 2.14. The van der Waals surface area contributed by atoms with Crippen molar-refractivity contribution in [2.24, 2.45) is 0 Å². The fourth-order valence-corrected chi connectivity index (χ4v) is 2.48. The average molecular weight is 266 g/mol. The van der Waals surface area contributed by atoms with Gasteiger partial charge in [0.1, 0.15) is 5.75 Å². The average Bonchev–Trinajstić information content (AvgIpc) is 3.13. The molecular weight excluding hydrogens is 248 g/mol. The van der Waals surface area contributed by atoms with E-state index in [2.05, 4.69) is 5.32 Å². The molecule has 1 aromatic rings. The Bertz CT molecular complexity index is 433. The van der Waals surface area contributed by atoms with Crippen LogP contribution in [-0.4, -0.2) is 24.8 Å². The van der Waals surface area contributed by atoms with Gasteiger partial charge < -0.3 is 15.8 Å². The summed E-state index contributed by atoms with van der Waals surface area (Å²) in [6, 6.07) is 5.99. The predicted octanol–water partition coefficient (Wildman–Crippen LogP) is 1.79. The highest BCUT2D eigenvalue weighted by atomic mass is 32.2. The molecule has 0 heterocycles. The number of carbonyl (C=O) groups excluding carboxylic acids is 1. The molecule has 1 aromatic carbocycles. The van der Waals surface area contributed by atoms with Crippen LogP contribution < -0.4 is 15.8 Å². The zero-order valence-corrected chi connectivity index (χ0v) is 11.3. The minimum absolute atomic E-state index is 0.116. The first kappa shape index (κ1) is 13.1. The van der Waals surface area contributed by atoms with Gasteiger partial charge in [-0.3, -0.25) is 4.79 Å². The Morgan fingerprint density at radius 2 is 2.33 bits per heavy atom. The second kappa shape index (κ2) is 6.00. The summed E-state index contributed by atoms with van der Waals surface area (Å²) in [6.45, 7) is 0. The number of hydrogen-bond donors (Lipinski definition) is 2. The van der Waals surface area contributed by atoms with E-state index in [0.29, 0.717) is 17.5 Å². The molecule has 0 radical (unpaired) electrons. The summed E-state index contributed by atoms with van der Waals surface area (Å²) in [5, 5.41) is 2.96. The van der Waals surface area contributed by atoms with Gasteiger partial charge in [-0.1, -0.05) is 0 Å². The van der Waals surface area contributed by atoms with Crippen molar-refractivity contribution < 1.29 is 9.53 Å². The van der Waals surface area contributed by atoms with E-state index in [1.165, 1.54) is 0 Å². The Kier molecular flexibility index (Phi) is 4.36. The van der Waals surface area contributed by atoms with Crippen molar-refractivity contribution in [3.05, 3.63) is 23.8 Å². The van der Waals surface area contributed by atoms with Gasteiger partial charge in [-0.2, -0.15) is 0 Å². The van der Waals surface area contributed by atoms with E-state index in [1.807, 2.05) is 18.2 Å². The maximum Gasteiger partial charge on any atom is 0.230 e. The SMILES string of the molecule is COc1ccc(N)cc1CSCC(=O)NC1CC1. The van der Waals surface area contributed by atoms with E-state index in [9.17, 15) is 4.79 Å². The van der Waals surface area contributed by atoms with Crippen LogP contribution in [0.3, 0.4) is 0 Å².